The zero-order valence-corrected chi connectivity index (χ0v) is 16.0. The molecule has 1 aliphatic rings. The first-order valence-electron chi connectivity index (χ1n) is 9.85. The monoisotopic (exact) mass is 367 g/mol. The number of benzene rings is 2. The standard InChI is InChI=1S/C23H29NO3/c1-19(25)27-23(20-11-5-2-6-12-20)21(17-24-15-9-4-10-16-24)18-26-22-13-7-3-8-14-22/h2-3,5-8,11-14,21,23H,4,9-10,15-18H2,1H3. The van der Waals surface area contributed by atoms with Crippen LogP contribution in [0.5, 0.6) is 5.75 Å². The molecule has 1 saturated heterocycles. The maximum absolute atomic E-state index is 11.8. The van der Waals surface area contributed by atoms with Gasteiger partial charge in [0.25, 0.3) is 0 Å². The summed E-state index contributed by atoms with van der Waals surface area (Å²) in [6.45, 7) is 5.05. The van der Waals surface area contributed by atoms with Gasteiger partial charge in [-0.25, -0.2) is 0 Å². The molecule has 27 heavy (non-hydrogen) atoms. The first-order valence-corrected chi connectivity index (χ1v) is 9.85. The van der Waals surface area contributed by atoms with E-state index in [1.54, 1.807) is 0 Å². The fourth-order valence-electron chi connectivity index (χ4n) is 3.69. The molecule has 2 aromatic rings. The Bertz CT molecular complexity index is 683. The van der Waals surface area contributed by atoms with E-state index in [4.69, 9.17) is 9.47 Å². The number of hydrogen-bond acceptors (Lipinski definition) is 4. The number of esters is 1. The summed E-state index contributed by atoms with van der Waals surface area (Å²) in [5, 5.41) is 0. The van der Waals surface area contributed by atoms with Gasteiger partial charge < -0.3 is 14.4 Å². The number of carbonyl (C=O) groups is 1. The lowest BCUT2D eigenvalue weighted by Gasteiger charge is -2.34. The lowest BCUT2D eigenvalue weighted by atomic mass is 9.94. The van der Waals surface area contributed by atoms with Crippen molar-refractivity contribution >= 4 is 5.97 Å². The molecule has 2 aromatic carbocycles. The molecule has 0 N–H and O–H groups in total. The Kier molecular flexibility index (Phi) is 7.28. The zero-order chi connectivity index (χ0) is 18.9. The molecular weight excluding hydrogens is 338 g/mol. The van der Waals surface area contributed by atoms with Gasteiger partial charge in [0, 0.05) is 19.4 Å². The maximum atomic E-state index is 11.8. The number of piperidine rings is 1. The molecule has 3 rings (SSSR count). The number of para-hydroxylation sites is 1. The summed E-state index contributed by atoms with van der Waals surface area (Å²) in [6, 6.07) is 19.8. The van der Waals surface area contributed by atoms with Gasteiger partial charge in [0.2, 0.25) is 0 Å². The summed E-state index contributed by atoms with van der Waals surface area (Å²) in [4.78, 5) is 14.3. The second kappa shape index (κ2) is 10.1. The van der Waals surface area contributed by atoms with Crippen molar-refractivity contribution in [1.82, 2.24) is 4.90 Å². The van der Waals surface area contributed by atoms with Crippen molar-refractivity contribution in [3.8, 4) is 5.75 Å². The second-order valence-electron chi connectivity index (χ2n) is 7.19. The molecule has 0 saturated carbocycles. The lowest BCUT2D eigenvalue weighted by Crippen LogP contribution is -2.39. The maximum Gasteiger partial charge on any atom is 0.303 e. The van der Waals surface area contributed by atoms with Gasteiger partial charge >= 0.3 is 5.97 Å². The molecule has 2 unspecified atom stereocenters. The fourth-order valence-corrected chi connectivity index (χ4v) is 3.69. The molecule has 0 aromatic heterocycles. The van der Waals surface area contributed by atoms with E-state index in [9.17, 15) is 4.79 Å². The smallest absolute Gasteiger partial charge is 0.303 e. The molecule has 4 nitrogen and oxygen atoms in total. The average molecular weight is 367 g/mol. The third-order valence-corrected chi connectivity index (χ3v) is 5.00. The Hall–Kier alpha value is -2.33. The van der Waals surface area contributed by atoms with Gasteiger partial charge in [0.15, 0.2) is 0 Å². The highest BCUT2D eigenvalue weighted by atomic mass is 16.5. The largest absolute Gasteiger partial charge is 0.493 e. The Morgan fingerprint density at radius 1 is 0.963 bits per heavy atom. The van der Waals surface area contributed by atoms with E-state index in [1.807, 2.05) is 60.7 Å². The fraction of sp³-hybridized carbons (Fsp3) is 0.435. The Labute approximate surface area is 162 Å². The SMILES string of the molecule is CC(=O)OC(c1ccccc1)C(COc1ccccc1)CN1CCCCC1. The summed E-state index contributed by atoms with van der Waals surface area (Å²) in [7, 11) is 0. The summed E-state index contributed by atoms with van der Waals surface area (Å²) < 4.78 is 11.9. The van der Waals surface area contributed by atoms with Crippen LogP contribution in [-0.4, -0.2) is 37.1 Å². The quantitative estimate of drug-likeness (QED) is 0.645. The summed E-state index contributed by atoms with van der Waals surface area (Å²) in [6.07, 6.45) is 3.45. The summed E-state index contributed by atoms with van der Waals surface area (Å²) >= 11 is 0. The van der Waals surface area contributed by atoms with Gasteiger partial charge in [-0.1, -0.05) is 55.0 Å². The number of likely N-dealkylation sites (tertiary alicyclic amines) is 1. The minimum absolute atomic E-state index is 0.0645. The highest BCUT2D eigenvalue weighted by molar-refractivity contribution is 5.66. The molecule has 0 amide bonds. The van der Waals surface area contributed by atoms with Crippen molar-refractivity contribution in [3.05, 3.63) is 66.2 Å². The summed E-state index contributed by atoms with van der Waals surface area (Å²) in [5.74, 6) is 0.651. The summed E-state index contributed by atoms with van der Waals surface area (Å²) in [5.41, 5.74) is 1.02. The van der Waals surface area contributed by atoms with Crippen LogP contribution in [0.25, 0.3) is 0 Å². The van der Waals surface area contributed by atoms with Crippen LogP contribution in [-0.2, 0) is 9.53 Å². The number of nitrogens with zero attached hydrogens (tertiary/aromatic N) is 1. The van der Waals surface area contributed by atoms with Crippen LogP contribution >= 0.6 is 0 Å². The Morgan fingerprint density at radius 2 is 1.59 bits per heavy atom. The van der Waals surface area contributed by atoms with Gasteiger partial charge in [-0.05, 0) is 43.6 Å². The van der Waals surface area contributed by atoms with Gasteiger partial charge in [-0.3, -0.25) is 4.79 Å². The highest BCUT2D eigenvalue weighted by Crippen LogP contribution is 2.29. The third kappa shape index (κ3) is 6.10. The van der Waals surface area contributed by atoms with Crippen LogP contribution in [0.1, 0.15) is 37.9 Å². The minimum Gasteiger partial charge on any atom is -0.493 e. The molecule has 4 heteroatoms. The van der Waals surface area contributed by atoms with Gasteiger partial charge in [-0.2, -0.15) is 0 Å². The van der Waals surface area contributed by atoms with E-state index < -0.39 is 0 Å². The topological polar surface area (TPSA) is 38.8 Å². The Balaban J connectivity index is 1.78. The van der Waals surface area contributed by atoms with Crippen molar-refractivity contribution in [2.24, 2.45) is 5.92 Å². The molecule has 1 heterocycles. The molecule has 2 atom stereocenters. The number of hydrogen-bond donors (Lipinski definition) is 0. The predicted octanol–water partition coefficient (Wildman–Crippen LogP) is 4.47. The number of ether oxygens (including phenoxy) is 2. The van der Waals surface area contributed by atoms with Crippen molar-refractivity contribution in [2.45, 2.75) is 32.3 Å². The van der Waals surface area contributed by atoms with Crippen molar-refractivity contribution in [1.29, 1.82) is 0 Å². The Morgan fingerprint density at radius 3 is 2.22 bits per heavy atom. The zero-order valence-electron chi connectivity index (χ0n) is 16.0. The molecular formula is C23H29NO3. The highest BCUT2D eigenvalue weighted by Gasteiger charge is 2.29. The van der Waals surface area contributed by atoms with E-state index >= 15 is 0 Å². The molecule has 0 bridgehead atoms. The molecule has 0 radical (unpaired) electrons. The van der Waals surface area contributed by atoms with Crippen LogP contribution in [0, 0.1) is 5.92 Å². The van der Waals surface area contributed by atoms with Crippen LogP contribution < -0.4 is 4.74 Å². The first-order chi connectivity index (χ1) is 13.2. The van der Waals surface area contributed by atoms with E-state index in [0.717, 1.165) is 30.9 Å². The normalized spacial score (nSPS) is 17.1. The van der Waals surface area contributed by atoms with Gasteiger partial charge in [0.05, 0.1) is 6.61 Å². The van der Waals surface area contributed by atoms with Crippen LogP contribution in [0.2, 0.25) is 0 Å². The van der Waals surface area contributed by atoms with Crippen molar-refractivity contribution in [3.63, 3.8) is 0 Å². The van der Waals surface area contributed by atoms with Gasteiger partial charge in [0.1, 0.15) is 11.9 Å². The predicted molar refractivity (Wildman–Crippen MR) is 107 cm³/mol. The minimum atomic E-state index is -0.311. The second-order valence-corrected chi connectivity index (χ2v) is 7.19. The van der Waals surface area contributed by atoms with E-state index in [-0.39, 0.29) is 18.0 Å². The molecule has 144 valence electrons. The van der Waals surface area contributed by atoms with Crippen molar-refractivity contribution in [2.75, 3.05) is 26.2 Å². The van der Waals surface area contributed by atoms with Crippen molar-refractivity contribution < 1.29 is 14.3 Å². The average Bonchev–Trinajstić information content (AvgIpc) is 2.71. The van der Waals surface area contributed by atoms with E-state index in [1.165, 1.54) is 26.2 Å². The van der Waals surface area contributed by atoms with Crippen LogP contribution in [0.4, 0.5) is 0 Å². The van der Waals surface area contributed by atoms with Gasteiger partial charge in [-0.15, -0.1) is 0 Å². The third-order valence-electron chi connectivity index (χ3n) is 5.00. The molecule has 1 fully saturated rings. The molecule has 0 spiro atoms. The van der Waals surface area contributed by atoms with E-state index in [0.29, 0.717) is 6.61 Å². The van der Waals surface area contributed by atoms with Crippen LogP contribution in [0.3, 0.4) is 0 Å². The molecule has 1 aliphatic heterocycles. The number of carbonyl (C=O) groups excluding carboxylic acids is 1. The van der Waals surface area contributed by atoms with E-state index in [2.05, 4.69) is 4.90 Å². The number of rotatable bonds is 8. The first kappa shape index (κ1) is 19.4. The van der Waals surface area contributed by atoms with Crippen LogP contribution in [0.15, 0.2) is 60.7 Å². The lowest BCUT2D eigenvalue weighted by molar-refractivity contribution is -0.150. The molecule has 0 aliphatic carbocycles.